The quantitative estimate of drug-likeness (QED) is 0.500. The zero-order valence-corrected chi connectivity index (χ0v) is 19.8. The lowest BCUT2D eigenvalue weighted by molar-refractivity contribution is 0.143. The van der Waals surface area contributed by atoms with Crippen LogP contribution in [0.4, 0.5) is 4.79 Å². The smallest absolute Gasteiger partial charge is 0.410 e. The first-order chi connectivity index (χ1) is 16.1. The fourth-order valence-electron chi connectivity index (χ4n) is 3.57. The van der Waals surface area contributed by atoms with Crippen molar-refractivity contribution in [2.75, 3.05) is 33.7 Å². The number of ether oxygens (including phenoxy) is 1. The fraction of sp³-hybridized carbons (Fsp3) is 0.435. The van der Waals surface area contributed by atoms with Gasteiger partial charge < -0.3 is 14.5 Å². The Bertz CT molecular complexity index is 1020. The average molecular weight is 468 g/mol. The minimum atomic E-state index is -0.299. The second-order valence-corrected chi connectivity index (χ2v) is 9.57. The minimum absolute atomic E-state index is 0.299. The summed E-state index contributed by atoms with van der Waals surface area (Å²) in [5, 5.41) is 13.3. The number of carbonyl (C=O) groups excluding carboxylic acids is 1. The molecule has 1 saturated heterocycles. The number of hydrogen-bond acceptors (Lipinski definition) is 8. The summed E-state index contributed by atoms with van der Waals surface area (Å²) in [7, 11) is 4.06. The molecule has 0 N–H and O–H groups in total. The van der Waals surface area contributed by atoms with Gasteiger partial charge in [0.05, 0.1) is 6.54 Å². The molecule has 174 valence electrons. The highest BCUT2D eigenvalue weighted by Gasteiger charge is 2.26. The molecule has 0 aliphatic carbocycles. The summed E-state index contributed by atoms with van der Waals surface area (Å²) in [6.07, 6.45) is 4.00. The summed E-state index contributed by atoms with van der Waals surface area (Å²) in [5.74, 6) is 0.557. The van der Waals surface area contributed by atoms with Crippen molar-refractivity contribution in [1.82, 2.24) is 35.0 Å². The van der Waals surface area contributed by atoms with Gasteiger partial charge in [0.2, 0.25) is 5.16 Å². The zero-order valence-electron chi connectivity index (χ0n) is 19.0. The molecule has 0 bridgehead atoms. The highest BCUT2D eigenvalue weighted by atomic mass is 32.2. The fourth-order valence-corrected chi connectivity index (χ4v) is 4.65. The van der Waals surface area contributed by atoms with Crippen LogP contribution in [0, 0.1) is 0 Å². The normalized spacial score (nSPS) is 14.6. The number of tetrazole rings is 1. The molecule has 0 radical (unpaired) electrons. The van der Waals surface area contributed by atoms with Crippen LogP contribution in [0.2, 0.25) is 0 Å². The van der Waals surface area contributed by atoms with E-state index in [1.165, 1.54) is 0 Å². The monoisotopic (exact) mass is 467 g/mol. The van der Waals surface area contributed by atoms with Crippen LogP contribution in [0.1, 0.15) is 24.1 Å². The van der Waals surface area contributed by atoms with Gasteiger partial charge >= 0.3 is 6.09 Å². The van der Waals surface area contributed by atoms with Crippen LogP contribution in [0.15, 0.2) is 53.8 Å². The number of carbonyl (C=O) groups is 1. The molecule has 10 heteroatoms. The van der Waals surface area contributed by atoms with Crippen molar-refractivity contribution < 1.29 is 9.53 Å². The van der Waals surface area contributed by atoms with Crippen molar-refractivity contribution in [3.8, 4) is 5.75 Å². The Morgan fingerprint density at radius 1 is 1.15 bits per heavy atom. The number of piperidine rings is 1. The zero-order chi connectivity index (χ0) is 23.0. The Morgan fingerprint density at radius 3 is 2.64 bits per heavy atom. The summed E-state index contributed by atoms with van der Waals surface area (Å²) in [4.78, 5) is 20.8. The molecule has 1 aliphatic rings. The summed E-state index contributed by atoms with van der Waals surface area (Å²) in [6.45, 7) is 2.96. The number of benzene rings is 1. The summed E-state index contributed by atoms with van der Waals surface area (Å²) < 4.78 is 7.45. The van der Waals surface area contributed by atoms with Crippen LogP contribution < -0.4 is 4.74 Å². The molecule has 1 fully saturated rings. The second kappa shape index (κ2) is 11.2. The van der Waals surface area contributed by atoms with E-state index >= 15 is 0 Å². The molecule has 3 heterocycles. The maximum atomic E-state index is 12.6. The lowest BCUT2D eigenvalue weighted by Crippen LogP contribution is -2.41. The number of rotatable bonds is 8. The summed E-state index contributed by atoms with van der Waals surface area (Å²) in [6, 6.07) is 13.5. The number of nitrogens with zero attached hydrogens (tertiary/aromatic N) is 7. The molecule has 2 aromatic heterocycles. The van der Waals surface area contributed by atoms with Gasteiger partial charge in [-0.1, -0.05) is 30.0 Å². The van der Waals surface area contributed by atoms with Crippen molar-refractivity contribution in [2.24, 2.45) is 0 Å². The third-order valence-electron chi connectivity index (χ3n) is 5.47. The van der Waals surface area contributed by atoms with Crippen molar-refractivity contribution >= 4 is 17.9 Å². The summed E-state index contributed by atoms with van der Waals surface area (Å²) >= 11 is 1.69. The topological polar surface area (TPSA) is 89.3 Å². The Kier molecular flexibility index (Phi) is 7.90. The van der Waals surface area contributed by atoms with E-state index in [1.54, 1.807) is 22.9 Å². The van der Waals surface area contributed by atoms with Gasteiger partial charge in [-0.15, -0.1) is 5.10 Å². The maximum Gasteiger partial charge on any atom is 0.415 e. The molecule has 33 heavy (non-hydrogen) atoms. The van der Waals surface area contributed by atoms with Crippen LogP contribution in [0.25, 0.3) is 0 Å². The van der Waals surface area contributed by atoms with Gasteiger partial charge in [-0.3, -0.25) is 4.98 Å². The lowest BCUT2D eigenvalue weighted by atomic mass is 10.1. The molecular weight excluding hydrogens is 438 g/mol. The molecule has 1 aromatic carbocycles. The Labute approximate surface area is 198 Å². The van der Waals surface area contributed by atoms with E-state index < -0.39 is 0 Å². The third-order valence-corrected chi connectivity index (χ3v) is 6.78. The van der Waals surface area contributed by atoms with E-state index in [9.17, 15) is 4.79 Å². The maximum absolute atomic E-state index is 12.6. The standard InChI is InChI=1S/C23H29N7O2S/c1-28(2)15-16-30-22(25-26-27-30)33-21-10-13-29(14-11-21)23(31)32-20-8-6-18(7-9-20)17-19-5-3-4-12-24-19/h3-9,12,21H,10-11,13-17H2,1-2H3. The SMILES string of the molecule is CN(C)CCn1nnnc1SC1CCN(C(=O)Oc2ccc(Cc3ccccn3)cc2)CC1. The van der Waals surface area contributed by atoms with Gasteiger partial charge in [0, 0.05) is 43.2 Å². The molecular formula is C23H29N7O2S. The van der Waals surface area contributed by atoms with Gasteiger partial charge in [0.15, 0.2) is 0 Å². The first kappa shape index (κ1) is 23.2. The van der Waals surface area contributed by atoms with E-state index in [0.717, 1.165) is 48.8 Å². The Balaban J connectivity index is 1.23. The predicted molar refractivity (Wildman–Crippen MR) is 126 cm³/mol. The number of thioether (sulfide) groups is 1. The average Bonchev–Trinajstić information content (AvgIpc) is 3.27. The molecule has 0 saturated carbocycles. The van der Waals surface area contributed by atoms with Gasteiger partial charge in [-0.25, -0.2) is 9.48 Å². The molecule has 0 spiro atoms. The molecule has 0 unspecified atom stereocenters. The van der Waals surface area contributed by atoms with Gasteiger partial charge in [0.1, 0.15) is 5.75 Å². The van der Waals surface area contributed by atoms with E-state index in [1.807, 2.05) is 61.2 Å². The predicted octanol–water partition coefficient (Wildman–Crippen LogP) is 2.98. The Morgan fingerprint density at radius 2 is 1.94 bits per heavy atom. The number of amides is 1. The van der Waals surface area contributed by atoms with Gasteiger partial charge in [0.25, 0.3) is 0 Å². The molecule has 1 aliphatic heterocycles. The van der Waals surface area contributed by atoms with Crippen LogP contribution in [0.5, 0.6) is 5.75 Å². The minimum Gasteiger partial charge on any atom is -0.410 e. The van der Waals surface area contributed by atoms with E-state index in [0.29, 0.717) is 24.1 Å². The number of pyridine rings is 1. The van der Waals surface area contributed by atoms with Gasteiger partial charge in [-0.05, 0) is 67.2 Å². The van der Waals surface area contributed by atoms with Crippen LogP contribution in [-0.4, -0.2) is 80.1 Å². The van der Waals surface area contributed by atoms with E-state index in [4.69, 9.17) is 4.74 Å². The number of hydrogen-bond donors (Lipinski definition) is 0. The molecule has 4 rings (SSSR count). The number of aromatic nitrogens is 5. The van der Waals surface area contributed by atoms with Crippen LogP contribution in [0.3, 0.4) is 0 Å². The molecule has 3 aromatic rings. The molecule has 9 nitrogen and oxygen atoms in total. The van der Waals surface area contributed by atoms with Crippen LogP contribution >= 0.6 is 11.8 Å². The highest BCUT2D eigenvalue weighted by molar-refractivity contribution is 7.99. The Hall–Kier alpha value is -2.98. The van der Waals surface area contributed by atoms with E-state index in [2.05, 4.69) is 25.4 Å². The van der Waals surface area contributed by atoms with Crippen molar-refractivity contribution in [3.63, 3.8) is 0 Å². The van der Waals surface area contributed by atoms with Crippen molar-refractivity contribution in [2.45, 2.75) is 36.2 Å². The molecule has 0 atom stereocenters. The lowest BCUT2D eigenvalue weighted by Gasteiger charge is -2.30. The second-order valence-electron chi connectivity index (χ2n) is 8.30. The number of likely N-dealkylation sites (tertiary alicyclic amines) is 1. The third kappa shape index (κ3) is 6.75. The molecule has 1 amide bonds. The summed E-state index contributed by atoms with van der Waals surface area (Å²) in [5.41, 5.74) is 2.13. The largest absolute Gasteiger partial charge is 0.415 e. The van der Waals surface area contributed by atoms with Crippen molar-refractivity contribution in [3.05, 3.63) is 59.9 Å². The van der Waals surface area contributed by atoms with E-state index in [-0.39, 0.29) is 6.09 Å². The van der Waals surface area contributed by atoms with Gasteiger partial charge in [-0.2, -0.15) is 0 Å². The van der Waals surface area contributed by atoms with Crippen molar-refractivity contribution in [1.29, 1.82) is 0 Å². The first-order valence-electron chi connectivity index (χ1n) is 11.1. The van der Waals surface area contributed by atoms with Crippen LogP contribution in [-0.2, 0) is 13.0 Å². The highest BCUT2D eigenvalue weighted by Crippen LogP contribution is 2.29. The first-order valence-corrected chi connectivity index (χ1v) is 12.0. The number of likely N-dealkylation sites (N-methyl/N-ethyl adjacent to an activating group) is 1.